The SMILES string of the molecule is COC(=O)[C@]1([C@@H](O)[C@@H]2C=CCCC2)N(Cc2ccc(OC)cc2)C(=O)[C@H](CCO)[C@]1(C)O. The largest absolute Gasteiger partial charge is 0.497 e. The molecule has 1 saturated heterocycles. The monoisotopic (exact) mass is 447 g/mol. The van der Waals surface area contributed by atoms with Crippen molar-refractivity contribution >= 4 is 11.9 Å². The van der Waals surface area contributed by atoms with Crippen molar-refractivity contribution in [3.8, 4) is 5.75 Å². The van der Waals surface area contributed by atoms with Gasteiger partial charge in [0.2, 0.25) is 5.91 Å². The number of amides is 1. The summed E-state index contributed by atoms with van der Waals surface area (Å²) < 4.78 is 10.3. The minimum absolute atomic E-state index is 0.0243. The Labute approximate surface area is 188 Å². The third kappa shape index (κ3) is 3.80. The fourth-order valence-corrected chi connectivity index (χ4v) is 5.25. The second-order valence-electron chi connectivity index (χ2n) is 8.71. The minimum Gasteiger partial charge on any atom is -0.497 e. The van der Waals surface area contributed by atoms with Gasteiger partial charge in [-0.3, -0.25) is 4.79 Å². The smallest absolute Gasteiger partial charge is 0.337 e. The molecule has 1 amide bonds. The molecule has 0 bridgehead atoms. The molecule has 0 radical (unpaired) electrons. The quantitative estimate of drug-likeness (QED) is 0.408. The molecular weight excluding hydrogens is 414 g/mol. The van der Waals surface area contributed by atoms with Crippen LogP contribution in [0.2, 0.25) is 0 Å². The van der Waals surface area contributed by atoms with Crippen molar-refractivity contribution in [1.82, 2.24) is 4.90 Å². The topological polar surface area (TPSA) is 117 Å². The Morgan fingerprint density at radius 3 is 2.50 bits per heavy atom. The van der Waals surface area contributed by atoms with Gasteiger partial charge in [0.1, 0.15) is 11.4 Å². The summed E-state index contributed by atoms with van der Waals surface area (Å²) in [4.78, 5) is 28.2. The van der Waals surface area contributed by atoms with E-state index in [4.69, 9.17) is 9.47 Å². The highest BCUT2D eigenvalue weighted by molar-refractivity contribution is 5.96. The molecule has 3 N–H and O–H groups in total. The molecule has 0 saturated carbocycles. The van der Waals surface area contributed by atoms with Gasteiger partial charge in [-0.05, 0) is 50.3 Å². The van der Waals surface area contributed by atoms with Crippen molar-refractivity contribution in [2.45, 2.75) is 56.4 Å². The van der Waals surface area contributed by atoms with E-state index in [9.17, 15) is 24.9 Å². The van der Waals surface area contributed by atoms with E-state index in [1.807, 2.05) is 12.2 Å². The first-order valence-electron chi connectivity index (χ1n) is 11.0. The molecule has 1 heterocycles. The van der Waals surface area contributed by atoms with Crippen LogP contribution in [0.5, 0.6) is 5.75 Å². The Morgan fingerprint density at radius 2 is 1.97 bits per heavy atom. The number of benzene rings is 1. The van der Waals surface area contributed by atoms with Crippen LogP contribution in [0.1, 0.15) is 38.2 Å². The first kappa shape index (κ1) is 24.2. The van der Waals surface area contributed by atoms with Crippen LogP contribution in [0, 0.1) is 11.8 Å². The lowest BCUT2D eigenvalue weighted by atomic mass is 9.67. The maximum atomic E-state index is 13.6. The molecule has 1 aromatic rings. The zero-order valence-corrected chi connectivity index (χ0v) is 18.9. The number of esters is 1. The fourth-order valence-electron chi connectivity index (χ4n) is 5.25. The summed E-state index contributed by atoms with van der Waals surface area (Å²) in [5.74, 6) is -2.26. The molecule has 176 valence electrons. The molecule has 5 atom stereocenters. The van der Waals surface area contributed by atoms with E-state index in [2.05, 4.69) is 0 Å². The van der Waals surface area contributed by atoms with E-state index in [0.29, 0.717) is 17.7 Å². The van der Waals surface area contributed by atoms with Crippen LogP contribution in [-0.2, 0) is 20.9 Å². The molecule has 0 aromatic heterocycles. The molecule has 1 aliphatic carbocycles. The highest BCUT2D eigenvalue weighted by atomic mass is 16.5. The standard InChI is InChI=1S/C24H33NO7/c1-23(30)19(13-14-26)21(28)25(15-16-9-11-18(31-2)12-10-16)24(23,22(29)32-3)20(27)17-7-5-4-6-8-17/h5,7,9-12,17,19-20,26-27,30H,4,6,8,13-15H2,1-3H3/t17-,19+,20+,23+,24+/m1/s1. The van der Waals surface area contributed by atoms with Crippen molar-refractivity contribution in [2.75, 3.05) is 20.8 Å². The van der Waals surface area contributed by atoms with Crippen molar-refractivity contribution in [2.24, 2.45) is 11.8 Å². The average Bonchev–Trinajstić information content (AvgIpc) is 2.97. The number of aliphatic hydroxyl groups excluding tert-OH is 2. The highest BCUT2D eigenvalue weighted by Gasteiger charge is 2.73. The van der Waals surface area contributed by atoms with E-state index in [1.54, 1.807) is 31.4 Å². The van der Waals surface area contributed by atoms with Crippen LogP contribution in [0.4, 0.5) is 0 Å². The van der Waals surface area contributed by atoms with E-state index in [-0.39, 0.29) is 19.6 Å². The molecule has 32 heavy (non-hydrogen) atoms. The van der Waals surface area contributed by atoms with Crippen LogP contribution in [-0.4, -0.2) is 70.2 Å². The van der Waals surface area contributed by atoms with Gasteiger partial charge in [-0.25, -0.2) is 4.79 Å². The normalized spacial score (nSPS) is 30.9. The molecule has 2 aliphatic rings. The van der Waals surface area contributed by atoms with Gasteiger partial charge in [0.05, 0.1) is 26.2 Å². The van der Waals surface area contributed by atoms with Gasteiger partial charge in [-0.15, -0.1) is 0 Å². The summed E-state index contributed by atoms with van der Waals surface area (Å²) in [7, 11) is 2.73. The second-order valence-corrected chi connectivity index (χ2v) is 8.71. The van der Waals surface area contributed by atoms with E-state index in [1.165, 1.54) is 18.9 Å². The van der Waals surface area contributed by atoms with Crippen molar-refractivity contribution in [1.29, 1.82) is 0 Å². The van der Waals surface area contributed by atoms with Gasteiger partial charge in [0.15, 0.2) is 5.54 Å². The third-order valence-corrected chi connectivity index (χ3v) is 6.98. The van der Waals surface area contributed by atoms with Gasteiger partial charge in [0.25, 0.3) is 0 Å². The molecule has 1 aromatic carbocycles. The first-order chi connectivity index (χ1) is 15.2. The van der Waals surface area contributed by atoms with Crippen LogP contribution in [0.3, 0.4) is 0 Å². The molecule has 3 rings (SSSR count). The van der Waals surface area contributed by atoms with Crippen molar-refractivity contribution in [3.05, 3.63) is 42.0 Å². The van der Waals surface area contributed by atoms with E-state index in [0.717, 1.165) is 12.8 Å². The van der Waals surface area contributed by atoms with Crippen LogP contribution in [0.25, 0.3) is 0 Å². The average molecular weight is 448 g/mol. The Kier molecular flexibility index (Phi) is 7.27. The third-order valence-electron chi connectivity index (χ3n) is 6.98. The number of carbonyl (C=O) groups excluding carboxylic acids is 2. The number of allylic oxidation sites excluding steroid dienone is 1. The summed E-state index contributed by atoms with van der Waals surface area (Å²) in [5, 5.41) is 32.9. The minimum atomic E-state index is -2.04. The van der Waals surface area contributed by atoms with Gasteiger partial charge < -0.3 is 29.7 Å². The number of carbonyl (C=O) groups is 2. The first-order valence-corrected chi connectivity index (χ1v) is 11.0. The number of nitrogens with zero attached hydrogens (tertiary/aromatic N) is 1. The Hall–Kier alpha value is -2.42. The maximum Gasteiger partial charge on any atom is 0.337 e. The zero-order valence-electron chi connectivity index (χ0n) is 18.9. The lowest BCUT2D eigenvalue weighted by molar-refractivity contribution is -0.191. The summed E-state index contributed by atoms with van der Waals surface area (Å²) in [5.41, 5.74) is -3.32. The van der Waals surface area contributed by atoms with Crippen molar-refractivity contribution < 1.29 is 34.4 Å². The van der Waals surface area contributed by atoms with Crippen LogP contribution < -0.4 is 4.74 Å². The zero-order chi connectivity index (χ0) is 23.5. The Morgan fingerprint density at radius 1 is 1.28 bits per heavy atom. The maximum absolute atomic E-state index is 13.6. The Bertz CT molecular complexity index is 850. The highest BCUT2D eigenvalue weighted by Crippen LogP contribution is 2.50. The van der Waals surface area contributed by atoms with Gasteiger partial charge in [0, 0.05) is 19.1 Å². The van der Waals surface area contributed by atoms with Crippen LogP contribution >= 0.6 is 0 Å². The lowest BCUT2D eigenvalue weighted by Gasteiger charge is -2.48. The van der Waals surface area contributed by atoms with Crippen molar-refractivity contribution in [3.63, 3.8) is 0 Å². The predicted molar refractivity (Wildman–Crippen MR) is 117 cm³/mol. The van der Waals surface area contributed by atoms with E-state index >= 15 is 0 Å². The molecule has 1 aliphatic heterocycles. The van der Waals surface area contributed by atoms with Gasteiger partial charge in [-0.2, -0.15) is 0 Å². The predicted octanol–water partition coefficient (Wildman–Crippen LogP) is 1.42. The second kappa shape index (κ2) is 9.60. The molecule has 8 heteroatoms. The molecule has 8 nitrogen and oxygen atoms in total. The summed E-state index contributed by atoms with van der Waals surface area (Å²) in [6.45, 7) is 1.01. The number of hydrogen-bond donors (Lipinski definition) is 3. The molecule has 1 fully saturated rings. The number of aliphatic hydroxyl groups is 3. The van der Waals surface area contributed by atoms with E-state index < -0.39 is 41.0 Å². The number of hydrogen-bond acceptors (Lipinski definition) is 7. The summed E-state index contributed by atoms with van der Waals surface area (Å²) in [6, 6.07) is 6.99. The molecule has 0 unspecified atom stereocenters. The lowest BCUT2D eigenvalue weighted by Crippen LogP contribution is -2.71. The summed E-state index contributed by atoms with van der Waals surface area (Å²) in [6.07, 6.45) is 4.64. The van der Waals surface area contributed by atoms with Gasteiger partial charge >= 0.3 is 5.97 Å². The molecule has 0 spiro atoms. The fraction of sp³-hybridized carbons (Fsp3) is 0.583. The number of likely N-dealkylation sites (tertiary alicyclic amines) is 1. The Balaban J connectivity index is 2.15. The van der Waals surface area contributed by atoms with Gasteiger partial charge in [-0.1, -0.05) is 24.3 Å². The summed E-state index contributed by atoms with van der Waals surface area (Å²) >= 11 is 0. The van der Waals surface area contributed by atoms with Crippen LogP contribution in [0.15, 0.2) is 36.4 Å². The number of rotatable bonds is 8. The number of methoxy groups -OCH3 is 2. The molecular formula is C24H33NO7. The number of ether oxygens (including phenoxy) is 2.